The molecule has 1 amide bonds. The van der Waals surface area contributed by atoms with Crippen LogP contribution in [0.3, 0.4) is 0 Å². The molecule has 1 unspecified atom stereocenters. The summed E-state index contributed by atoms with van der Waals surface area (Å²) in [7, 11) is 0. The van der Waals surface area contributed by atoms with Crippen molar-refractivity contribution < 1.29 is 9.53 Å². The molecule has 1 aromatic carbocycles. The van der Waals surface area contributed by atoms with E-state index in [2.05, 4.69) is 0 Å². The summed E-state index contributed by atoms with van der Waals surface area (Å²) in [5, 5.41) is 0. The predicted octanol–water partition coefficient (Wildman–Crippen LogP) is 0.600. The van der Waals surface area contributed by atoms with Crippen LogP contribution in [0.1, 0.15) is 0 Å². The minimum absolute atomic E-state index is 0.104. The van der Waals surface area contributed by atoms with Crippen molar-refractivity contribution in [2.45, 2.75) is 10.9 Å². The molecule has 5 heteroatoms. The second-order valence-electron chi connectivity index (χ2n) is 2.97. The van der Waals surface area contributed by atoms with Gasteiger partial charge >= 0.3 is 0 Å². The van der Waals surface area contributed by atoms with Crippen molar-refractivity contribution in [2.75, 3.05) is 12.9 Å². The minimum atomic E-state index is -0.764. The summed E-state index contributed by atoms with van der Waals surface area (Å²) in [4.78, 5) is 11.7. The van der Waals surface area contributed by atoms with E-state index >= 15 is 0 Å². The highest BCUT2D eigenvalue weighted by molar-refractivity contribution is 7.98. The van der Waals surface area contributed by atoms with E-state index in [1.165, 1.54) is 0 Å². The lowest BCUT2D eigenvalue weighted by Crippen LogP contribution is -2.41. The zero-order chi connectivity index (χ0) is 11.3. The fourth-order valence-corrected chi connectivity index (χ4v) is 1.54. The normalized spacial score (nSPS) is 12.1. The summed E-state index contributed by atoms with van der Waals surface area (Å²) < 4.78 is 5.40. The Hall–Kier alpha value is -1.20. The van der Waals surface area contributed by atoms with Crippen molar-refractivity contribution in [3.05, 3.63) is 24.3 Å². The van der Waals surface area contributed by atoms with E-state index in [-0.39, 0.29) is 6.61 Å². The van der Waals surface area contributed by atoms with Crippen molar-refractivity contribution in [1.29, 1.82) is 0 Å². The van der Waals surface area contributed by atoms with Crippen molar-refractivity contribution in [3.8, 4) is 5.75 Å². The maximum absolute atomic E-state index is 10.7. The van der Waals surface area contributed by atoms with Gasteiger partial charge in [0.25, 0.3) is 0 Å². The molecule has 15 heavy (non-hydrogen) atoms. The quantitative estimate of drug-likeness (QED) is 0.721. The van der Waals surface area contributed by atoms with Gasteiger partial charge in [0.2, 0.25) is 5.91 Å². The van der Waals surface area contributed by atoms with Crippen LogP contribution in [0.25, 0.3) is 0 Å². The number of para-hydroxylation sites is 1. The average Bonchev–Trinajstić information content (AvgIpc) is 2.26. The highest BCUT2D eigenvalue weighted by Crippen LogP contribution is 2.26. The molecule has 1 rings (SSSR count). The molecule has 0 saturated heterocycles. The number of thioether (sulfide) groups is 1. The largest absolute Gasteiger partial charge is 0.490 e. The first-order valence-corrected chi connectivity index (χ1v) is 5.68. The molecule has 0 bridgehead atoms. The molecule has 4 N–H and O–H groups in total. The Bertz CT molecular complexity index is 344. The van der Waals surface area contributed by atoms with Gasteiger partial charge in [-0.15, -0.1) is 11.8 Å². The summed E-state index contributed by atoms with van der Waals surface area (Å²) in [5.41, 5.74) is 10.5. The van der Waals surface area contributed by atoms with Gasteiger partial charge in [-0.05, 0) is 18.4 Å². The standard InChI is InChI=1S/C10H14N2O2S/c1-15-9-5-3-2-4-8(9)14-6-7(11)10(12)13/h2-5,7H,6,11H2,1H3,(H2,12,13). The van der Waals surface area contributed by atoms with Gasteiger partial charge in [-0.3, -0.25) is 4.79 Å². The molecule has 82 valence electrons. The minimum Gasteiger partial charge on any atom is -0.490 e. The second kappa shape index (κ2) is 5.63. The number of amides is 1. The van der Waals surface area contributed by atoms with Crippen LogP contribution in [0.2, 0.25) is 0 Å². The Morgan fingerprint density at radius 1 is 1.53 bits per heavy atom. The number of nitrogens with two attached hydrogens (primary N) is 2. The Labute approximate surface area is 93.0 Å². The van der Waals surface area contributed by atoms with E-state index in [0.29, 0.717) is 0 Å². The van der Waals surface area contributed by atoms with Crippen molar-refractivity contribution in [1.82, 2.24) is 0 Å². The van der Waals surface area contributed by atoms with E-state index in [1.807, 2.05) is 30.5 Å². The summed E-state index contributed by atoms with van der Waals surface area (Å²) >= 11 is 1.57. The number of benzene rings is 1. The fourth-order valence-electron chi connectivity index (χ4n) is 1.000. The zero-order valence-electron chi connectivity index (χ0n) is 8.47. The van der Waals surface area contributed by atoms with Gasteiger partial charge in [-0.2, -0.15) is 0 Å². The Morgan fingerprint density at radius 3 is 2.80 bits per heavy atom. The smallest absolute Gasteiger partial charge is 0.237 e. The topological polar surface area (TPSA) is 78.3 Å². The van der Waals surface area contributed by atoms with Crippen LogP contribution in [0.15, 0.2) is 29.2 Å². The monoisotopic (exact) mass is 226 g/mol. The van der Waals surface area contributed by atoms with Crippen LogP contribution >= 0.6 is 11.8 Å². The third-order valence-electron chi connectivity index (χ3n) is 1.85. The number of hydrogen-bond donors (Lipinski definition) is 2. The Balaban J connectivity index is 2.60. The molecule has 0 spiro atoms. The summed E-state index contributed by atoms with van der Waals surface area (Å²) in [6.45, 7) is 0.104. The van der Waals surface area contributed by atoms with Crippen molar-refractivity contribution >= 4 is 17.7 Å². The number of primary amides is 1. The van der Waals surface area contributed by atoms with E-state index in [9.17, 15) is 4.79 Å². The van der Waals surface area contributed by atoms with Crippen molar-refractivity contribution in [3.63, 3.8) is 0 Å². The van der Waals surface area contributed by atoms with Crippen LogP contribution in [-0.2, 0) is 4.79 Å². The zero-order valence-corrected chi connectivity index (χ0v) is 9.29. The van der Waals surface area contributed by atoms with Gasteiger partial charge in [0.1, 0.15) is 18.4 Å². The molecule has 0 fully saturated rings. The molecular weight excluding hydrogens is 212 g/mol. The third-order valence-corrected chi connectivity index (χ3v) is 2.63. The number of rotatable bonds is 5. The van der Waals surface area contributed by atoms with E-state index < -0.39 is 11.9 Å². The SMILES string of the molecule is CSc1ccccc1OCC(N)C(N)=O. The van der Waals surface area contributed by atoms with E-state index in [0.717, 1.165) is 10.6 Å². The molecule has 0 saturated carbocycles. The molecule has 0 aromatic heterocycles. The lowest BCUT2D eigenvalue weighted by molar-refractivity contribution is -0.119. The van der Waals surface area contributed by atoms with Crippen LogP contribution in [0, 0.1) is 0 Å². The van der Waals surface area contributed by atoms with E-state index in [4.69, 9.17) is 16.2 Å². The first-order valence-electron chi connectivity index (χ1n) is 4.46. The maximum Gasteiger partial charge on any atom is 0.237 e. The molecule has 4 nitrogen and oxygen atoms in total. The van der Waals surface area contributed by atoms with Crippen LogP contribution in [0.4, 0.5) is 0 Å². The molecular formula is C10H14N2O2S. The number of ether oxygens (including phenoxy) is 1. The second-order valence-corrected chi connectivity index (χ2v) is 3.82. The summed E-state index contributed by atoms with van der Waals surface area (Å²) in [5.74, 6) is 0.165. The molecule has 0 aliphatic rings. The molecule has 0 radical (unpaired) electrons. The number of carbonyl (C=O) groups is 1. The van der Waals surface area contributed by atoms with Gasteiger partial charge in [0.15, 0.2) is 0 Å². The number of hydrogen-bond acceptors (Lipinski definition) is 4. The van der Waals surface area contributed by atoms with Gasteiger partial charge < -0.3 is 16.2 Å². The highest BCUT2D eigenvalue weighted by Gasteiger charge is 2.10. The first-order chi connectivity index (χ1) is 7.15. The third kappa shape index (κ3) is 3.45. The predicted molar refractivity (Wildman–Crippen MR) is 60.9 cm³/mol. The van der Waals surface area contributed by atoms with E-state index in [1.54, 1.807) is 11.8 Å². The molecule has 1 atom stereocenters. The highest BCUT2D eigenvalue weighted by atomic mass is 32.2. The van der Waals surface area contributed by atoms with Gasteiger partial charge in [-0.25, -0.2) is 0 Å². The molecule has 1 aromatic rings. The van der Waals surface area contributed by atoms with Crippen molar-refractivity contribution in [2.24, 2.45) is 11.5 Å². The molecule has 0 heterocycles. The summed E-state index contributed by atoms with van der Waals surface area (Å²) in [6.07, 6.45) is 1.95. The van der Waals surface area contributed by atoms with Crippen LogP contribution < -0.4 is 16.2 Å². The van der Waals surface area contributed by atoms with Crippen LogP contribution in [0.5, 0.6) is 5.75 Å². The number of carbonyl (C=O) groups excluding carboxylic acids is 1. The van der Waals surface area contributed by atoms with Gasteiger partial charge in [0.05, 0.1) is 0 Å². The van der Waals surface area contributed by atoms with Gasteiger partial charge in [-0.1, -0.05) is 12.1 Å². The average molecular weight is 226 g/mol. The molecule has 0 aliphatic carbocycles. The summed E-state index contributed by atoms with van der Waals surface area (Å²) in [6, 6.07) is 6.80. The first kappa shape index (κ1) is 11.9. The Morgan fingerprint density at radius 2 is 2.20 bits per heavy atom. The van der Waals surface area contributed by atoms with Crippen LogP contribution in [-0.4, -0.2) is 24.8 Å². The Kier molecular flexibility index (Phi) is 4.45. The lowest BCUT2D eigenvalue weighted by Gasteiger charge is -2.12. The lowest BCUT2D eigenvalue weighted by atomic mass is 10.3. The molecule has 0 aliphatic heterocycles. The maximum atomic E-state index is 10.7. The fraction of sp³-hybridized carbons (Fsp3) is 0.300. The van der Waals surface area contributed by atoms with Gasteiger partial charge in [0, 0.05) is 4.90 Å².